The quantitative estimate of drug-likeness (QED) is 0.399. The molecular weight excluding hydrogens is 298 g/mol. The van der Waals surface area contributed by atoms with Gasteiger partial charge in [-0.2, -0.15) is 11.8 Å². The Bertz CT molecular complexity index is 308. The van der Waals surface area contributed by atoms with Crippen molar-refractivity contribution < 1.29 is 9.47 Å². The summed E-state index contributed by atoms with van der Waals surface area (Å²) in [6.45, 7) is 9.76. The number of thioether (sulfide) groups is 1. The smallest absolute Gasteiger partial charge is 0.193 e. The Balaban J connectivity index is 2.35. The Morgan fingerprint density at radius 3 is 2.68 bits per heavy atom. The minimum absolute atomic E-state index is 0.390. The van der Waals surface area contributed by atoms with Gasteiger partial charge in [0.15, 0.2) is 5.96 Å². The average molecular weight is 332 g/mol. The summed E-state index contributed by atoms with van der Waals surface area (Å²) < 4.78 is 11.0. The molecule has 1 atom stereocenters. The maximum atomic E-state index is 5.92. The predicted octanol–water partition coefficient (Wildman–Crippen LogP) is 2.22. The van der Waals surface area contributed by atoms with Gasteiger partial charge in [-0.25, -0.2) is 0 Å². The van der Waals surface area contributed by atoms with Gasteiger partial charge in [-0.1, -0.05) is 6.92 Å². The first kappa shape index (κ1) is 19.6. The van der Waals surface area contributed by atoms with Crippen LogP contribution in [0.15, 0.2) is 4.99 Å². The number of aliphatic imine (C=N–C) groups is 1. The highest BCUT2D eigenvalue weighted by Crippen LogP contribution is 2.14. The lowest BCUT2D eigenvalue weighted by Crippen LogP contribution is -2.47. The molecular formula is C16H33N3O2S. The van der Waals surface area contributed by atoms with E-state index in [9.17, 15) is 0 Å². The largest absolute Gasteiger partial charge is 0.385 e. The number of guanidine groups is 1. The molecule has 1 saturated heterocycles. The highest BCUT2D eigenvalue weighted by atomic mass is 32.2. The van der Waals surface area contributed by atoms with Crippen molar-refractivity contribution in [3.63, 3.8) is 0 Å². The van der Waals surface area contributed by atoms with E-state index < -0.39 is 0 Å². The lowest BCUT2D eigenvalue weighted by molar-refractivity contribution is 0.00991. The highest BCUT2D eigenvalue weighted by molar-refractivity contribution is 7.99. The molecule has 5 nitrogen and oxygen atoms in total. The second kappa shape index (κ2) is 12.0. The van der Waals surface area contributed by atoms with Crippen molar-refractivity contribution in [3.05, 3.63) is 0 Å². The van der Waals surface area contributed by atoms with Crippen molar-refractivity contribution in [1.82, 2.24) is 10.2 Å². The van der Waals surface area contributed by atoms with Crippen molar-refractivity contribution in [2.24, 2.45) is 4.99 Å². The maximum absolute atomic E-state index is 5.92. The van der Waals surface area contributed by atoms with Crippen LogP contribution in [-0.2, 0) is 9.47 Å². The van der Waals surface area contributed by atoms with Crippen LogP contribution in [-0.4, -0.2) is 75.0 Å². The molecule has 0 bridgehead atoms. The molecule has 1 N–H and O–H groups in total. The van der Waals surface area contributed by atoms with Crippen LogP contribution in [0.2, 0.25) is 0 Å². The predicted molar refractivity (Wildman–Crippen MR) is 96.0 cm³/mol. The lowest BCUT2D eigenvalue weighted by Gasteiger charge is -2.34. The molecule has 1 unspecified atom stereocenters. The molecule has 0 radical (unpaired) electrons. The number of hydrogen-bond donors (Lipinski definition) is 1. The summed E-state index contributed by atoms with van der Waals surface area (Å²) in [4.78, 5) is 7.14. The zero-order valence-corrected chi connectivity index (χ0v) is 15.5. The Hall–Kier alpha value is -0.460. The molecule has 0 aromatic heterocycles. The molecule has 22 heavy (non-hydrogen) atoms. The highest BCUT2D eigenvalue weighted by Gasteiger charge is 2.21. The van der Waals surface area contributed by atoms with Crippen LogP contribution < -0.4 is 5.32 Å². The van der Waals surface area contributed by atoms with E-state index in [-0.39, 0.29) is 0 Å². The zero-order valence-electron chi connectivity index (χ0n) is 14.6. The molecule has 0 aromatic rings. The van der Waals surface area contributed by atoms with E-state index in [4.69, 9.17) is 14.5 Å². The Morgan fingerprint density at radius 2 is 2.09 bits per heavy atom. The molecule has 0 saturated carbocycles. The number of rotatable bonds is 9. The van der Waals surface area contributed by atoms with Gasteiger partial charge in [0.05, 0.1) is 12.6 Å². The van der Waals surface area contributed by atoms with Gasteiger partial charge in [-0.05, 0) is 32.4 Å². The van der Waals surface area contributed by atoms with Crippen molar-refractivity contribution in [2.45, 2.75) is 44.5 Å². The molecule has 0 amide bonds. The average Bonchev–Trinajstić information content (AvgIpc) is 2.56. The van der Waals surface area contributed by atoms with Crippen LogP contribution >= 0.6 is 11.8 Å². The minimum Gasteiger partial charge on any atom is -0.385 e. The summed E-state index contributed by atoms with van der Waals surface area (Å²) in [5.41, 5.74) is 0. The SMILES string of the molecule is CCNC(=NCC(C)SC)N1CCC(OCCCOC)CC1. The number of nitrogens with one attached hydrogen (secondary N) is 1. The van der Waals surface area contributed by atoms with Crippen LogP contribution in [0.3, 0.4) is 0 Å². The van der Waals surface area contributed by atoms with Crippen LogP contribution in [0, 0.1) is 0 Å². The third-order valence-corrected chi connectivity index (χ3v) is 4.78. The fourth-order valence-corrected chi connectivity index (χ4v) is 2.63. The molecule has 1 rings (SSSR count). The third-order valence-electron chi connectivity index (χ3n) is 3.82. The van der Waals surface area contributed by atoms with Gasteiger partial charge < -0.3 is 19.7 Å². The van der Waals surface area contributed by atoms with Crippen LogP contribution in [0.4, 0.5) is 0 Å². The normalized spacial score (nSPS) is 18.5. The van der Waals surface area contributed by atoms with Crippen molar-refractivity contribution in [2.75, 3.05) is 52.8 Å². The molecule has 1 heterocycles. The summed E-state index contributed by atoms with van der Waals surface area (Å²) in [7, 11) is 1.73. The summed E-state index contributed by atoms with van der Waals surface area (Å²) in [6.07, 6.45) is 5.67. The van der Waals surface area contributed by atoms with Gasteiger partial charge in [0.2, 0.25) is 0 Å². The van der Waals surface area contributed by atoms with E-state index in [1.807, 2.05) is 11.8 Å². The first-order valence-corrected chi connectivity index (χ1v) is 9.66. The van der Waals surface area contributed by atoms with E-state index in [2.05, 4.69) is 30.3 Å². The lowest BCUT2D eigenvalue weighted by atomic mass is 10.1. The Labute approximate surface area is 140 Å². The molecule has 0 spiro atoms. The first-order valence-electron chi connectivity index (χ1n) is 8.37. The van der Waals surface area contributed by atoms with Crippen molar-refractivity contribution >= 4 is 17.7 Å². The van der Waals surface area contributed by atoms with Crippen molar-refractivity contribution in [3.8, 4) is 0 Å². The fourth-order valence-electron chi connectivity index (χ4n) is 2.40. The molecule has 1 fully saturated rings. The second-order valence-electron chi connectivity index (χ2n) is 5.64. The summed E-state index contributed by atoms with van der Waals surface area (Å²) in [5.74, 6) is 1.06. The standard InChI is InChI=1S/C16H33N3O2S/c1-5-17-16(18-13-14(2)22-4)19-9-7-15(8-10-19)21-12-6-11-20-3/h14-15H,5-13H2,1-4H3,(H,17,18). The number of ether oxygens (including phenoxy) is 2. The fraction of sp³-hybridized carbons (Fsp3) is 0.938. The molecule has 0 aliphatic carbocycles. The molecule has 0 aromatic carbocycles. The number of hydrogen-bond acceptors (Lipinski definition) is 4. The van der Waals surface area contributed by atoms with Crippen LogP contribution in [0.1, 0.15) is 33.1 Å². The topological polar surface area (TPSA) is 46.1 Å². The number of likely N-dealkylation sites (tertiary alicyclic amines) is 1. The van der Waals surface area contributed by atoms with Crippen LogP contribution in [0.5, 0.6) is 0 Å². The minimum atomic E-state index is 0.390. The van der Waals surface area contributed by atoms with E-state index in [1.165, 1.54) is 0 Å². The van der Waals surface area contributed by atoms with E-state index in [0.717, 1.165) is 64.6 Å². The Kier molecular flexibility index (Phi) is 10.7. The van der Waals surface area contributed by atoms with Gasteiger partial charge in [-0.15, -0.1) is 0 Å². The van der Waals surface area contributed by atoms with Gasteiger partial charge >= 0.3 is 0 Å². The summed E-state index contributed by atoms with van der Waals surface area (Å²) >= 11 is 1.86. The van der Waals surface area contributed by atoms with Gasteiger partial charge in [0.1, 0.15) is 0 Å². The molecule has 6 heteroatoms. The summed E-state index contributed by atoms with van der Waals surface area (Å²) in [5, 5.41) is 3.98. The maximum Gasteiger partial charge on any atom is 0.193 e. The monoisotopic (exact) mass is 331 g/mol. The van der Waals surface area contributed by atoms with Gasteiger partial charge in [0.25, 0.3) is 0 Å². The second-order valence-corrected chi connectivity index (χ2v) is 6.92. The van der Waals surface area contributed by atoms with E-state index in [1.54, 1.807) is 7.11 Å². The molecule has 130 valence electrons. The van der Waals surface area contributed by atoms with Gasteiger partial charge in [-0.3, -0.25) is 4.99 Å². The number of methoxy groups -OCH3 is 1. The zero-order chi connectivity index (χ0) is 16.2. The van der Waals surface area contributed by atoms with E-state index >= 15 is 0 Å². The van der Waals surface area contributed by atoms with Crippen molar-refractivity contribution in [1.29, 1.82) is 0 Å². The third kappa shape index (κ3) is 7.70. The first-order chi connectivity index (χ1) is 10.7. The number of nitrogens with zero attached hydrogens (tertiary/aromatic N) is 2. The Morgan fingerprint density at radius 1 is 1.36 bits per heavy atom. The van der Waals surface area contributed by atoms with E-state index in [0.29, 0.717) is 11.4 Å². The number of piperidine rings is 1. The molecule has 1 aliphatic rings. The summed E-state index contributed by atoms with van der Waals surface area (Å²) in [6, 6.07) is 0. The van der Waals surface area contributed by atoms with Crippen LogP contribution in [0.25, 0.3) is 0 Å². The molecule has 1 aliphatic heterocycles. The van der Waals surface area contributed by atoms with Gasteiger partial charge in [0, 0.05) is 45.2 Å².